The molecular formula is C21H21N5O3. The van der Waals surface area contributed by atoms with Crippen molar-refractivity contribution in [3.8, 4) is 0 Å². The van der Waals surface area contributed by atoms with Gasteiger partial charge in [0, 0.05) is 13.1 Å². The maximum Gasteiger partial charge on any atom is 0.352 e. The van der Waals surface area contributed by atoms with E-state index in [9.17, 15) is 14.4 Å². The minimum atomic E-state index is -0.448. The molecule has 2 aromatic carbocycles. The molecule has 2 aromatic heterocycles. The van der Waals surface area contributed by atoms with E-state index in [-0.39, 0.29) is 23.8 Å². The maximum absolute atomic E-state index is 13.0. The van der Waals surface area contributed by atoms with Gasteiger partial charge in [-0.2, -0.15) is 0 Å². The minimum Gasteiger partial charge on any atom is -0.350 e. The topological polar surface area (TPSA) is 90.4 Å². The van der Waals surface area contributed by atoms with Crippen molar-refractivity contribution in [2.45, 2.75) is 33.0 Å². The van der Waals surface area contributed by atoms with Gasteiger partial charge in [-0.25, -0.2) is 13.9 Å². The molecular weight excluding hydrogens is 370 g/mol. The molecule has 0 fully saturated rings. The lowest BCUT2D eigenvalue weighted by molar-refractivity contribution is -0.122. The number of rotatable bonds is 6. The molecule has 0 radical (unpaired) electrons. The fraction of sp³-hybridized carbons (Fsp3) is 0.238. The van der Waals surface area contributed by atoms with E-state index >= 15 is 0 Å². The minimum absolute atomic E-state index is 0.194. The molecule has 0 saturated carbocycles. The number of fused-ring (bicyclic) bond motifs is 3. The molecule has 0 atom stereocenters. The van der Waals surface area contributed by atoms with Gasteiger partial charge in [0.1, 0.15) is 6.54 Å². The average Bonchev–Trinajstić information content (AvgIpc) is 3.06. The van der Waals surface area contributed by atoms with Crippen molar-refractivity contribution < 1.29 is 4.79 Å². The van der Waals surface area contributed by atoms with Gasteiger partial charge in [0.15, 0.2) is 0 Å². The second kappa shape index (κ2) is 7.75. The van der Waals surface area contributed by atoms with E-state index in [1.165, 1.54) is 8.97 Å². The number of nitrogens with one attached hydrogen (secondary N) is 1. The molecule has 0 aliphatic carbocycles. The number of aryl methyl sites for hydroxylation is 1. The first kappa shape index (κ1) is 18.7. The highest BCUT2D eigenvalue weighted by molar-refractivity contribution is 5.80. The lowest BCUT2D eigenvalue weighted by Crippen LogP contribution is -2.32. The number of benzene rings is 2. The zero-order valence-corrected chi connectivity index (χ0v) is 16.0. The number of amides is 1. The van der Waals surface area contributed by atoms with E-state index in [1.807, 2.05) is 37.3 Å². The first-order valence-corrected chi connectivity index (χ1v) is 9.52. The summed E-state index contributed by atoms with van der Waals surface area (Å²) in [5, 5.41) is 7.54. The zero-order valence-electron chi connectivity index (χ0n) is 16.0. The molecule has 0 unspecified atom stereocenters. The molecule has 0 aliphatic rings. The Morgan fingerprint density at radius 2 is 1.76 bits per heavy atom. The molecule has 2 heterocycles. The Morgan fingerprint density at radius 3 is 2.52 bits per heavy atom. The van der Waals surface area contributed by atoms with Crippen molar-refractivity contribution in [3.05, 3.63) is 81.0 Å². The fourth-order valence-electron chi connectivity index (χ4n) is 3.38. The standard InChI is InChI=1S/C21H21N5O3/c1-2-12-24-19(28)16-10-6-7-11-17(16)26-20(24)23-25(21(26)29)14-18(27)22-13-15-8-4-3-5-9-15/h3-11H,2,12-14H2,1H3,(H,22,27). The Hall–Kier alpha value is -3.68. The van der Waals surface area contributed by atoms with Crippen LogP contribution in [0.15, 0.2) is 64.2 Å². The number of hydrogen-bond donors (Lipinski definition) is 1. The quantitative estimate of drug-likeness (QED) is 0.540. The molecule has 148 valence electrons. The average molecular weight is 391 g/mol. The third-order valence-electron chi connectivity index (χ3n) is 4.76. The van der Waals surface area contributed by atoms with E-state index in [2.05, 4.69) is 10.4 Å². The Balaban J connectivity index is 1.72. The van der Waals surface area contributed by atoms with Crippen LogP contribution < -0.4 is 16.6 Å². The van der Waals surface area contributed by atoms with Gasteiger partial charge in [0.05, 0.1) is 10.9 Å². The monoisotopic (exact) mass is 391 g/mol. The fourth-order valence-corrected chi connectivity index (χ4v) is 3.38. The molecule has 8 nitrogen and oxygen atoms in total. The number of carbonyl (C=O) groups excluding carboxylic acids is 1. The summed E-state index contributed by atoms with van der Waals surface area (Å²) in [6.45, 7) is 2.53. The summed E-state index contributed by atoms with van der Waals surface area (Å²) in [5.41, 5.74) is 0.809. The molecule has 0 aliphatic heterocycles. The van der Waals surface area contributed by atoms with Crippen LogP contribution in [-0.4, -0.2) is 24.7 Å². The molecule has 1 N–H and O–H groups in total. The number of nitrogens with zero attached hydrogens (tertiary/aromatic N) is 4. The van der Waals surface area contributed by atoms with Gasteiger partial charge in [-0.05, 0) is 24.1 Å². The Bertz CT molecular complexity index is 1300. The summed E-state index contributed by atoms with van der Waals surface area (Å²) in [5.74, 6) is -0.0792. The second-order valence-electron chi connectivity index (χ2n) is 6.81. The van der Waals surface area contributed by atoms with Crippen molar-refractivity contribution >= 4 is 22.6 Å². The van der Waals surface area contributed by atoms with E-state index in [1.54, 1.807) is 24.3 Å². The second-order valence-corrected chi connectivity index (χ2v) is 6.81. The van der Waals surface area contributed by atoms with Crippen LogP contribution in [0.25, 0.3) is 16.7 Å². The summed E-state index contributed by atoms with van der Waals surface area (Å²) < 4.78 is 3.99. The number of carbonyl (C=O) groups is 1. The largest absolute Gasteiger partial charge is 0.352 e. The normalized spacial score (nSPS) is 11.2. The van der Waals surface area contributed by atoms with Gasteiger partial charge in [-0.1, -0.05) is 49.4 Å². The summed E-state index contributed by atoms with van der Waals surface area (Å²) in [6, 6.07) is 16.4. The van der Waals surface area contributed by atoms with Crippen molar-refractivity contribution in [2.75, 3.05) is 0 Å². The van der Waals surface area contributed by atoms with E-state index in [0.29, 0.717) is 30.4 Å². The molecule has 0 bridgehead atoms. The molecule has 8 heteroatoms. The summed E-state index contributed by atoms with van der Waals surface area (Å²) in [7, 11) is 0. The third kappa shape index (κ3) is 3.44. The van der Waals surface area contributed by atoms with Crippen LogP contribution in [0.3, 0.4) is 0 Å². The van der Waals surface area contributed by atoms with Crippen molar-refractivity contribution in [3.63, 3.8) is 0 Å². The molecule has 0 saturated heterocycles. The van der Waals surface area contributed by atoms with Gasteiger partial charge in [0.2, 0.25) is 11.7 Å². The SMILES string of the molecule is CCCn1c(=O)c2ccccc2n2c(=O)n(CC(=O)NCc3ccccc3)nc12. The Labute approximate surface area is 166 Å². The number of aromatic nitrogens is 4. The highest BCUT2D eigenvalue weighted by Gasteiger charge is 2.18. The van der Waals surface area contributed by atoms with E-state index in [0.717, 1.165) is 10.2 Å². The van der Waals surface area contributed by atoms with Crippen molar-refractivity contribution in [1.82, 2.24) is 24.1 Å². The van der Waals surface area contributed by atoms with Gasteiger partial charge in [-0.15, -0.1) is 5.10 Å². The van der Waals surface area contributed by atoms with Crippen LogP contribution in [0.1, 0.15) is 18.9 Å². The van der Waals surface area contributed by atoms with Gasteiger partial charge < -0.3 is 5.32 Å². The number of para-hydroxylation sites is 1. The first-order chi connectivity index (χ1) is 14.1. The zero-order chi connectivity index (χ0) is 20.4. The van der Waals surface area contributed by atoms with Crippen LogP contribution >= 0.6 is 0 Å². The van der Waals surface area contributed by atoms with Gasteiger partial charge >= 0.3 is 5.69 Å². The predicted octanol–water partition coefficient (Wildman–Crippen LogP) is 1.54. The molecule has 29 heavy (non-hydrogen) atoms. The summed E-state index contributed by atoms with van der Waals surface area (Å²) in [6.07, 6.45) is 0.715. The predicted molar refractivity (Wildman–Crippen MR) is 110 cm³/mol. The van der Waals surface area contributed by atoms with E-state index in [4.69, 9.17) is 0 Å². The Kier molecular flexibility index (Phi) is 4.99. The number of hydrogen-bond acceptors (Lipinski definition) is 4. The van der Waals surface area contributed by atoms with Crippen LogP contribution in [0.5, 0.6) is 0 Å². The van der Waals surface area contributed by atoms with Crippen LogP contribution in [-0.2, 0) is 24.4 Å². The van der Waals surface area contributed by atoms with Crippen LogP contribution in [0.2, 0.25) is 0 Å². The smallest absolute Gasteiger partial charge is 0.350 e. The highest BCUT2D eigenvalue weighted by atomic mass is 16.2. The third-order valence-corrected chi connectivity index (χ3v) is 4.76. The van der Waals surface area contributed by atoms with Crippen LogP contribution in [0, 0.1) is 0 Å². The van der Waals surface area contributed by atoms with Crippen LogP contribution in [0.4, 0.5) is 0 Å². The maximum atomic E-state index is 13.0. The molecule has 4 aromatic rings. The Morgan fingerprint density at radius 1 is 1.03 bits per heavy atom. The summed E-state index contributed by atoms with van der Waals surface area (Å²) in [4.78, 5) is 38.2. The van der Waals surface area contributed by atoms with Gasteiger partial charge in [-0.3, -0.25) is 14.2 Å². The molecule has 0 spiro atoms. The van der Waals surface area contributed by atoms with Gasteiger partial charge in [0.25, 0.3) is 5.56 Å². The van der Waals surface area contributed by atoms with E-state index < -0.39 is 5.69 Å². The lowest BCUT2D eigenvalue weighted by atomic mass is 10.2. The first-order valence-electron chi connectivity index (χ1n) is 9.52. The van der Waals surface area contributed by atoms with Crippen molar-refractivity contribution in [2.24, 2.45) is 0 Å². The summed E-state index contributed by atoms with van der Waals surface area (Å²) >= 11 is 0. The molecule has 1 amide bonds. The van der Waals surface area contributed by atoms with Crippen molar-refractivity contribution in [1.29, 1.82) is 0 Å². The highest BCUT2D eigenvalue weighted by Crippen LogP contribution is 2.11. The molecule has 4 rings (SSSR count). The lowest BCUT2D eigenvalue weighted by Gasteiger charge is -2.07.